The molecule has 5 heteroatoms. The van der Waals surface area contributed by atoms with E-state index in [1.807, 2.05) is 12.3 Å². The lowest BCUT2D eigenvalue weighted by molar-refractivity contribution is 0.191. The molecule has 3 rings (SSSR count). The highest BCUT2D eigenvalue weighted by Crippen LogP contribution is 2.28. The minimum absolute atomic E-state index is 0.249. The highest BCUT2D eigenvalue weighted by molar-refractivity contribution is 5.49. The van der Waals surface area contributed by atoms with Gasteiger partial charge < -0.3 is 20.2 Å². The number of hydrogen-bond acceptors (Lipinski definition) is 5. The monoisotopic (exact) mass is 290 g/mol. The summed E-state index contributed by atoms with van der Waals surface area (Å²) in [5.74, 6) is 1.04. The molecule has 5 nitrogen and oxygen atoms in total. The fourth-order valence-corrected chi connectivity index (χ4v) is 3.11. The van der Waals surface area contributed by atoms with Crippen LogP contribution in [0, 0.1) is 0 Å². The van der Waals surface area contributed by atoms with Crippen LogP contribution in [0.2, 0.25) is 0 Å². The molecule has 1 saturated heterocycles. The van der Waals surface area contributed by atoms with Crippen molar-refractivity contribution in [1.82, 2.24) is 15.2 Å². The van der Waals surface area contributed by atoms with Crippen molar-refractivity contribution in [1.29, 1.82) is 0 Å². The van der Waals surface area contributed by atoms with Crippen molar-refractivity contribution in [3.05, 3.63) is 23.9 Å². The number of nitrogens with zero attached hydrogens (tertiary/aromatic N) is 3. The molecule has 0 aromatic carbocycles. The van der Waals surface area contributed by atoms with Gasteiger partial charge in [-0.3, -0.25) is 0 Å². The third kappa shape index (κ3) is 3.73. The molecule has 2 aliphatic rings. The Morgan fingerprint density at radius 1 is 1.43 bits per heavy atom. The Hall–Kier alpha value is -1.17. The number of nitrogens with one attached hydrogen (secondary N) is 1. The summed E-state index contributed by atoms with van der Waals surface area (Å²) in [4.78, 5) is 9.07. The molecule has 2 heterocycles. The van der Waals surface area contributed by atoms with E-state index in [0.717, 1.165) is 25.3 Å². The van der Waals surface area contributed by atoms with Crippen molar-refractivity contribution in [2.24, 2.45) is 0 Å². The van der Waals surface area contributed by atoms with E-state index < -0.39 is 0 Å². The lowest BCUT2D eigenvalue weighted by Gasteiger charge is -2.29. The predicted molar refractivity (Wildman–Crippen MR) is 84.4 cm³/mol. The van der Waals surface area contributed by atoms with Crippen molar-refractivity contribution in [3.8, 4) is 0 Å². The molecule has 0 bridgehead atoms. The second-order valence-corrected chi connectivity index (χ2v) is 6.60. The van der Waals surface area contributed by atoms with Crippen molar-refractivity contribution < 1.29 is 5.11 Å². The quantitative estimate of drug-likeness (QED) is 0.813. The van der Waals surface area contributed by atoms with Crippen LogP contribution in [0.25, 0.3) is 0 Å². The zero-order valence-corrected chi connectivity index (χ0v) is 13.0. The first-order chi connectivity index (χ1) is 10.1. The SMILES string of the molecule is CN(C)CC1CC(O)CN1c1ncccc1CNC1CC1. The molecule has 2 atom stereocenters. The lowest BCUT2D eigenvalue weighted by Crippen LogP contribution is -2.38. The molecular weight excluding hydrogens is 264 g/mol. The van der Waals surface area contributed by atoms with Gasteiger partial charge in [-0.25, -0.2) is 4.98 Å². The van der Waals surface area contributed by atoms with E-state index in [4.69, 9.17) is 0 Å². The standard InChI is InChI=1S/C16H26N4O/c1-19(2)10-14-8-15(21)11-20(14)16-12(4-3-7-17-16)9-18-13-5-6-13/h3-4,7,13-15,18,21H,5-6,8-11H2,1-2H3. The Bertz CT molecular complexity index is 475. The summed E-state index contributed by atoms with van der Waals surface area (Å²) in [6.07, 6.45) is 5.02. The van der Waals surface area contributed by atoms with Crippen molar-refractivity contribution in [2.75, 3.05) is 32.1 Å². The smallest absolute Gasteiger partial charge is 0.133 e. The molecule has 1 aliphatic heterocycles. The van der Waals surface area contributed by atoms with Gasteiger partial charge in [0.25, 0.3) is 0 Å². The molecule has 116 valence electrons. The highest BCUT2D eigenvalue weighted by Gasteiger charge is 2.33. The maximum atomic E-state index is 10.1. The second-order valence-electron chi connectivity index (χ2n) is 6.60. The van der Waals surface area contributed by atoms with E-state index in [2.05, 4.69) is 40.3 Å². The fraction of sp³-hybridized carbons (Fsp3) is 0.688. The highest BCUT2D eigenvalue weighted by atomic mass is 16.3. The van der Waals surface area contributed by atoms with Crippen LogP contribution in [0.4, 0.5) is 5.82 Å². The van der Waals surface area contributed by atoms with Gasteiger partial charge in [-0.05, 0) is 39.4 Å². The Morgan fingerprint density at radius 2 is 2.24 bits per heavy atom. The van der Waals surface area contributed by atoms with Crippen LogP contribution >= 0.6 is 0 Å². The molecular formula is C16H26N4O. The van der Waals surface area contributed by atoms with E-state index in [-0.39, 0.29) is 6.10 Å². The number of anilines is 1. The van der Waals surface area contributed by atoms with Crippen LogP contribution in [0.3, 0.4) is 0 Å². The number of likely N-dealkylation sites (N-methyl/N-ethyl adjacent to an activating group) is 1. The number of aliphatic hydroxyl groups is 1. The number of pyridine rings is 1. The van der Waals surface area contributed by atoms with Crippen LogP contribution in [0.5, 0.6) is 0 Å². The third-order valence-corrected chi connectivity index (χ3v) is 4.27. The van der Waals surface area contributed by atoms with Crippen LogP contribution in [0.15, 0.2) is 18.3 Å². The van der Waals surface area contributed by atoms with Crippen molar-refractivity contribution >= 4 is 5.82 Å². The molecule has 2 N–H and O–H groups in total. The van der Waals surface area contributed by atoms with Crippen LogP contribution < -0.4 is 10.2 Å². The number of β-amino-alcohol motifs (C(OH)–C–C–N with tert-alkyl or cyclic N) is 1. The van der Waals surface area contributed by atoms with Gasteiger partial charge in [-0.2, -0.15) is 0 Å². The van der Waals surface area contributed by atoms with Crippen molar-refractivity contribution in [2.45, 2.75) is 44.0 Å². The Morgan fingerprint density at radius 3 is 2.95 bits per heavy atom. The zero-order valence-electron chi connectivity index (χ0n) is 13.0. The van der Waals surface area contributed by atoms with Crippen LogP contribution in [-0.4, -0.2) is 60.4 Å². The summed E-state index contributed by atoms with van der Waals surface area (Å²) in [6, 6.07) is 5.18. The van der Waals surface area contributed by atoms with Gasteiger partial charge in [0, 0.05) is 43.5 Å². The topological polar surface area (TPSA) is 51.6 Å². The molecule has 0 amide bonds. The van der Waals surface area contributed by atoms with Gasteiger partial charge in [0.05, 0.1) is 6.10 Å². The van der Waals surface area contributed by atoms with Gasteiger partial charge in [-0.1, -0.05) is 6.07 Å². The van der Waals surface area contributed by atoms with Crippen molar-refractivity contribution in [3.63, 3.8) is 0 Å². The van der Waals surface area contributed by atoms with Gasteiger partial charge >= 0.3 is 0 Å². The van der Waals surface area contributed by atoms with Gasteiger partial charge in [0.2, 0.25) is 0 Å². The largest absolute Gasteiger partial charge is 0.391 e. The van der Waals surface area contributed by atoms with E-state index in [1.54, 1.807) is 0 Å². The van der Waals surface area contributed by atoms with E-state index in [0.29, 0.717) is 18.6 Å². The van der Waals surface area contributed by atoms with E-state index in [9.17, 15) is 5.11 Å². The van der Waals surface area contributed by atoms with E-state index >= 15 is 0 Å². The Balaban J connectivity index is 1.76. The first-order valence-electron chi connectivity index (χ1n) is 7.90. The van der Waals surface area contributed by atoms with Gasteiger partial charge in [0.1, 0.15) is 5.82 Å². The second kappa shape index (κ2) is 6.30. The molecule has 1 aromatic rings. The Kier molecular flexibility index (Phi) is 4.42. The zero-order chi connectivity index (χ0) is 14.8. The van der Waals surface area contributed by atoms with Crippen LogP contribution in [-0.2, 0) is 6.54 Å². The fourth-order valence-electron chi connectivity index (χ4n) is 3.11. The molecule has 2 fully saturated rings. The van der Waals surface area contributed by atoms with Crippen LogP contribution in [0.1, 0.15) is 24.8 Å². The lowest BCUT2D eigenvalue weighted by atomic mass is 10.1. The van der Waals surface area contributed by atoms with Gasteiger partial charge in [-0.15, -0.1) is 0 Å². The average Bonchev–Trinajstić information content (AvgIpc) is 3.20. The minimum atomic E-state index is -0.249. The predicted octanol–water partition coefficient (Wildman–Crippen LogP) is 0.835. The molecule has 2 unspecified atom stereocenters. The molecule has 1 aromatic heterocycles. The summed E-state index contributed by atoms with van der Waals surface area (Å²) in [5.41, 5.74) is 1.24. The number of rotatable bonds is 6. The average molecular weight is 290 g/mol. The summed E-state index contributed by atoms with van der Waals surface area (Å²) >= 11 is 0. The first kappa shape index (κ1) is 14.8. The first-order valence-corrected chi connectivity index (χ1v) is 7.90. The normalized spacial score (nSPS) is 25.8. The third-order valence-electron chi connectivity index (χ3n) is 4.27. The molecule has 0 spiro atoms. The number of aliphatic hydroxyl groups excluding tert-OH is 1. The molecule has 1 saturated carbocycles. The summed E-state index contributed by atoms with van der Waals surface area (Å²) < 4.78 is 0. The summed E-state index contributed by atoms with van der Waals surface area (Å²) in [5, 5.41) is 13.6. The maximum Gasteiger partial charge on any atom is 0.133 e. The Labute approximate surface area is 127 Å². The molecule has 0 radical (unpaired) electrons. The minimum Gasteiger partial charge on any atom is -0.391 e. The number of hydrogen-bond donors (Lipinski definition) is 2. The van der Waals surface area contributed by atoms with Gasteiger partial charge in [0.15, 0.2) is 0 Å². The molecule has 1 aliphatic carbocycles. The number of aromatic nitrogens is 1. The summed E-state index contributed by atoms with van der Waals surface area (Å²) in [7, 11) is 4.16. The maximum absolute atomic E-state index is 10.1. The summed E-state index contributed by atoms with van der Waals surface area (Å²) in [6.45, 7) is 2.50. The molecule has 21 heavy (non-hydrogen) atoms. The van der Waals surface area contributed by atoms with E-state index in [1.165, 1.54) is 18.4 Å².